The van der Waals surface area contributed by atoms with Crippen LogP contribution >= 0.6 is 11.3 Å². The summed E-state index contributed by atoms with van der Waals surface area (Å²) in [6.07, 6.45) is 1.98. The second-order valence-electron chi connectivity index (χ2n) is 6.08. The van der Waals surface area contributed by atoms with Crippen LogP contribution in [0.5, 0.6) is 0 Å². The third-order valence-electron chi connectivity index (χ3n) is 3.82. The first kappa shape index (κ1) is 17.3. The van der Waals surface area contributed by atoms with Crippen molar-refractivity contribution in [3.63, 3.8) is 0 Å². The number of β-amino-alcohol motifs (C(OH)–C–C–N with tert-alkyl or cyclic N) is 1. The number of piperidine rings is 1. The number of carbonyl (C=O) groups excluding carboxylic acids is 1. The number of hydrogen-bond donors (Lipinski definition) is 2. The molecule has 1 atom stereocenters. The van der Waals surface area contributed by atoms with Crippen LogP contribution < -0.4 is 5.32 Å². The summed E-state index contributed by atoms with van der Waals surface area (Å²) in [5.74, 6) is 0.565. The largest absolute Gasteiger partial charge is 0.392 e. The molecule has 0 aromatic carbocycles. The average Bonchev–Trinajstić information content (AvgIpc) is 2.93. The Balaban J connectivity index is 1.65. The number of nitrogens with zero attached hydrogens (tertiary/aromatic N) is 4. The molecule has 0 radical (unpaired) electrons. The molecule has 1 aromatic rings. The van der Waals surface area contributed by atoms with Crippen molar-refractivity contribution in [1.82, 2.24) is 20.0 Å². The molecule has 2 N–H and O–H groups in total. The van der Waals surface area contributed by atoms with Gasteiger partial charge in [-0.3, -0.25) is 15.0 Å². The quantitative estimate of drug-likeness (QED) is 0.759. The minimum absolute atomic E-state index is 0.0502. The number of anilines is 1. The van der Waals surface area contributed by atoms with Gasteiger partial charge in [0, 0.05) is 13.1 Å². The molecule has 1 amide bonds. The number of aliphatic hydroxyl groups is 1. The summed E-state index contributed by atoms with van der Waals surface area (Å²) in [4.78, 5) is 16.3. The number of aromatic nitrogens is 2. The van der Waals surface area contributed by atoms with Crippen LogP contribution in [0, 0.1) is 5.92 Å². The molecule has 1 aliphatic rings. The lowest BCUT2D eigenvalue weighted by Gasteiger charge is -2.34. The van der Waals surface area contributed by atoms with Crippen molar-refractivity contribution in [1.29, 1.82) is 0 Å². The van der Waals surface area contributed by atoms with Gasteiger partial charge >= 0.3 is 0 Å². The minimum Gasteiger partial charge on any atom is -0.392 e. The van der Waals surface area contributed by atoms with Gasteiger partial charge in [0.15, 0.2) is 0 Å². The van der Waals surface area contributed by atoms with E-state index in [2.05, 4.69) is 25.3 Å². The number of nitrogens with one attached hydrogen (secondary N) is 1. The van der Waals surface area contributed by atoms with Gasteiger partial charge in [-0.1, -0.05) is 11.3 Å². The van der Waals surface area contributed by atoms with Gasteiger partial charge in [-0.15, -0.1) is 10.2 Å². The zero-order chi connectivity index (χ0) is 15.9. The number of hydrogen-bond acceptors (Lipinski definition) is 7. The van der Waals surface area contributed by atoms with E-state index in [1.807, 2.05) is 14.0 Å². The second kappa shape index (κ2) is 8.52. The first-order valence-corrected chi connectivity index (χ1v) is 8.56. The van der Waals surface area contributed by atoms with Crippen molar-refractivity contribution in [2.24, 2.45) is 5.92 Å². The van der Waals surface area contributed by atoms with E-state index in [1.165, 1.54) is 11.3 Å². The Labute approximate surface area is 135 Å². The monoisotopic (exact) mass is 327 g/mol. The molecular formula is C14H25N5O2S. The van der Waals surface area contributed by atoms with E-state index in [4.69, 9.17) is 0 Å². The maximum atomic E-state index is 11.9. The standard InChI is InChI=1S/C14H25N5O2S/c1-11(20)7-19-5-3-12(4-6-19)8-18(2)9-13(21)16-14-17-15-10-22-14/h10-12,20H,3-9H2,1-2H3,(H,16,17,21)/t11-/m0/s1. The van der Waals surface area contributed by atoms with E-state index >= 15 is 0 Å². The molecule has 7 nitrogen and oxygen atoms in total. The number of carbonyl (C=O) groups is 1. The summed E-state index contributed by atoms with van der Waals surface area (Å²) in [5.41, 5.74) is 1.60. The fourth-order valence-electron chi connectivity index (χ4n) is 2.86. The molecule has 1 aliphatic heterocycles. The lowest BCUT2D eigenvalue weighted by molar-refractivity contribution is -0.117. The molecule has 0 spiro atoms. The molecule has 1 fully saturated rings. The molecule has 2 heterocycles. The molecule has 1 aromatic heterocycles. The minimum atomic E-state index is -0.261. The summed E-state index contributed by atoms with van der Waals surface area (Å²) in [7, 11) is 1.97. The molecule has 0 bridgehead atoms. The van der Waals surface area contributed by atoms with Crippen LogP contribution in [0.3, 0.4) is 0 Å². The van der Waals surface area contributed by atoms with E-state index in [0.717, 1.165) is 39.0 Å². The van der Waals surface area contributed by atoms with Crippen molar-refractivity contribution < 1.29 is 9.90 Å². The number of likely N-dealkylation sites (N-methyl/N-ethyl adjacent to an activating group) is 1. The normalized spacial score (nSPS) is 18.5. The smallest absolute Gasteiger partial charge is 0.240 e. The maximum absolute atomic E-state index is 11.9. The Hall–Kier alpha value is -1.09. The Morgan fingerprint density at radius 2 is 2.32 bits per heavy atom. The van der Waals surface area contributed by atoms with Crippen LogP contribution in [0.2, 0.25) is 0 Å². The second-order valence-corrected chi connectivity index (χ2v) is 6.92. The third kappa shape index (κ3) is 5.96. The van der Waals surface area contributed by atoms with E-state index in [0.29, 0.717) is 17.6 Å². The third-order valence-corrected chi connectivity index (χ3v) is 4.43. The van der Waals surface area contributed by atoms with Gasteiger partial charge < -0.3 is 10.0 Å². The Morgan fingerprint density at radius 1 is 1.59 bits per heavy atom. The van der Waals surface area contributed by atoms with E-state index < -0.39 is 0 Å². The molecule has 8 heteroatoms. The number of rotatable bonds is 7. The average molecular weight is 327 g/mol. The topological polar surface area (TPSA) is 81.6 Å². The highest BCUT2D eigenvalue weighted by Crippen LogP contribution is 2.18. The zero-order valence-corrected chi connectivity index (χ0v) is 14.1. The summed E-state index contributed by atoms with van der Waals surface area (Å²) >= 11 is 1.32. The summed E-state index contributed by atoms with van der Waals surface area (Å²) < 4.78 is 0. The highest BCUT2D eigenvalue weighted by molar-refractivity contribution is 7.13. The maximum Gasteiger partial charge on any atom is 0.240 e. The van der Waals surface area contributed by atoms with Gasteiger partial charge in [0.2, 0.25) is 11.0 Å². The van der Waals surface area contributed by atoms with Crippen LogP contribution in [0.15, 0.2) is 5.51 Å². The van der Waals surface area contributed by atoms with E-state index in [1.54, 1.807) is 5.51 Å². The Kier molecular flexibility index (Phi) is 6.69. The van der Waals surface area contributed by atoms with Gasteiger partial charge in [-0.05, 0) is 45.8 Å². The van der Waals surface area contributed by atoms with Crippen molar-refractivity contribution in [3.8, 4) is 0 Å². The van der Waals surface area contributed by atoms with Gasteiger partial charge in [-0.2, -0.15) is 0 Å². The molecule has 1 saturated heterocycles. The van der Waals surface area contributed by atoms with Crippen LogP contribution in [0.25, 0.3) is 0 Å². The fourth-order valence-corrected chi connectivity index (χ4v) is 3.32. The van der Waals surface area contributed by atoms with E-state index in [9.17, 15) is 9.90 Å². The van der Waals surface area contributed by atoms with Crippen LogP contribution in [0.4, 0.5) is 5.13 Å². The van der Waals surface area contributed by atoms with Gasteiger partial charge in [0.05, 0.1) is 12.6 Å². The van der Waals surface area contributed by atoms with Crippen molar-refractivity contribution in [2.45, 2.75) is 25.9 Å². The van der Waals surface area contributed by atoms with Gasteiger partial charge in [0.1, 0.15) is 5.51 Å². The predicted octanol–water partition coefficient (Wildman–Crippen LogP) is 0.501. The lowest BCUT2D eigenvalue weighted by atomic mass is 9.96. The molecule has 0 saturated carbocycles. The van der Waals surface area contributed by atoms with Crippen molar-refractivity contribution in [3.05, 3.63) is 5.51 Å². The van der Waals surface area contributed by atoms with Gasteiger partial charge in [-0.25, -0.2) is 0 Å². The summed E-state index contributed by atoms with van der Waals surface area (Å²) in [6.45, 7) is 5.93. The molecule has 0 aliphatic carbocycles. The van der Waals surface area contributed by atoms with Crippen LogP contribution in [0.1, 0.15) is 19.8 Å². The van der Waals surface area contributed by atoms with Gasteiger partial charge in [0.25, 0.3) is 0 Å². The number of likely N-dealkylation sites (tertiary alicyclic amines) is 1. The summed E-state index contributed by atoms with van der Waals surface area (Å²) in [6, 6.07) is 0. The van der Waals surface area contributed by atoms with Crippen LogP contribution in [-0.2, 0) is 4.79 Å². The lowest BCUT2D eigenvalue weighted by Crippen LogP contribution is -2.41. The molecule has 0 unspecified atom stereocenters. The molecule has 22 heavy (non-hydrogen) atoms. The predicted molar refractivity (Wildman–Crippen MR) is 86.9 cm³/mol. The van der Waals surface area contributed by atoms with Crippen molar-refractivity contribution in [2.75, 3.05) is 45.1 Å². The van der Waals surface area contributed by atoms with Crippen molar-refractivity contribution >= 4 is 22.4 Å². The fraction of sp³-hybridized carbons (Fsp3) is 0.786. The number of aliphatic hydroxyl groups excluding tert-OH is 1. The molecular weight excluding hydrogens is 302 g/mol. The SMILES string of the molecule is C[C@H](O)CN1CCC(CN(C)CC(=O)Nc2nncs2)CC1. The molecule has 124 valence electrons. The van der Waals surface area contributed by atoms with E-state index in [-0.39, 0.29) is 12.0 Å². The summed E-state index contributed by atoms with van der Waals surface area (Å²) in [5, 5.41) is 20.2. The van der Waals surface area contributed by atoms with Crippen LogP contribution in [-0.4, -0.2) is 76.9 Å². The Bertz CT molecular complexity index is 446. The molecule has 2 rings (SSSR count). The highest BCUT2D eigenvalue weighted by Gasteiger charge is 2.21. The Morgan fingerprint density at radius 3 is 2.91 bits per heavy atom. The zero-order valence-electron chi connectivity index (χ0n) is 13.2. The number of amides is 1. The highest BCUT2D eigenvalue weighted by atomic mass is 32.1. The first-order valence-electron chi connectivity index (χ1n) is 7.68. The first-order chi connectivity index (χ1) is 10.5.